The maximum atomic E-state index is 6.14. The van der Waals surface area contributed by atoms with E-state index in [0.717, 1.165) is 11.3 Å². The molecule has 0 saturated heterocycles. The summed E-state index contributed by atoms with van der Waals surface area (Å²) >= 11 is 6.14. The molecule has 0 aliphatic carbocycles. The van der Waals surface area contributed by atoms with E-state index >= 15 is 0 Å². The molecule has 4 nitrogen and oxygen atoms in total. The van der Waals surface area contributed by atoms with Gasteiger partial charge in [0.15, 0.2) is 5.76 Å². The van der Waals surface area contributed by atoms with Crippen molar-refractivity contribution in [3.63, 3.8) is 0 Å². The number of aromatic nitrogens is 1. The summed E-state index contributed by atoms with van der Waals surface area (Å²) in [5.74, 6) is 1.35. The molecule has 0 bridgehead atoms. The summed E-state index contributed by atoms with van der Waals surface area (Å²) in [6.07, 6.45) is 0.692. The van der Waals surface area contributed by atoms with Crippen LogP contribution >= 0.6 is 11.6 Å². The van der Waals surface area contributed by atoms with Gasteiger partial charge in [-0.2, -0.15) is 0 Å². The fraction of sp³-hybridized carbons (Fsp3) is 0.250. The molecule has 0 fully saturated rings. The molecular formula is C12H13ClN2O2. The lowest BCUT2D eigenvalue weighted by Gasteiger charge is -2.03. The largest absolute Gasteiger partial charge is 0.497 e. The minimum absolute atomic E-state index is 0.544. The van der Waals surface area contributed by atoms with E-state index in [0.29, 0.717) is 29.5 Å². The predicted molar refractivity (Wildman–Crippen MR) is 66.3 cm³/mol. The molecular weight excluding hydrogens is 240 g/mol. The van der Waals surface area contributed by atoms with Crippen molar-refractivity contribution in [1.29, 1.82) is 0 Å². The van der Waals surface area contributed by atoms with Crippen molar-refractivity contribution in [2.24, 2.45) is 5.73 Å². The summed E-state index contributed by atoms with van der Waals surface area (Å²) in [6, 6.07) is 7.25. The Balaban J connectivity index is 2.32. The number of nitrogens with two attached hydrogens (primary N) is 1. The van der Waals surface area contributed by atoms with Crippen molar-refractivity contribution >= 4 is 11.6 Å². The highest BCUT2D eigenvalue weighted by atomic mass is 35.5. The van der Waals surface area contributed by atoms with Gasteiger partial charge in [-0.25, -0.2) is 0 Å². The Morgan fingerprint density at radius 1 is 1.41 bits per heavy atom. The second-order valence-corrected chi connectivity index (χ2v) is 3.97. The molecule has 17 heavy (non-hydrogen) atoms. The van der Waals surface area contributed by atoms with Gasteiger partial charge in [-0.1, -0.05) is 16.8 Å². The van der Waals surface area contributed by atoms with Gasteiger partial charge in [0, 0.05) is 18.1 Å². The zero-order valence-electron chi connectivity index (χ0n) is 9.44. The second kappa shape index (κ2) is 5.21. The molecule has 1 aromatic heterocycles. The number of hydrogen-bond acceptors (Lipinski definition) is 4. The van der Waals surface area contributed by atoms with Gasteiger partial charge in [-0.3, -0.25) is 0 Å². The number of nitrogens with zero attached hydrogens (tertiary/aromatic N) is 1. The summed E-state index contributed by atoms with van der Waals surface area (Å²) in [5.41, 5.74) is 7.07. The van der Waals surface area contributed by atoms with Crippen LogP contribution in [-0.2, 0) is 6.42 Å². The first-order chi connectivity index (χ1) is 8.24. The molecule has 0 spiro atoms. The first kappa shape index (κ1) is 12.0. The first-order valence-electron chi connectivity index (χ1n) is 5.24. The molecule has 0 aliphatic heterocycles. The Morgan fingerprint density at radius 3 is 2.88 bits per heavy atom. The SMILES string of the molecule is COc1ccc(-c2cc(CCN)no2)c(Cl)c1. The van der Waals surface area contributed by atoms with Crippen LogP contribution in [0.3, 0.4) is 0 Å². The highest BCUT2D eigenvalue weighted by molar-refractivity contribution is 6.33. The fourth-order valence-electron chi connectivity index (χ4n) is 1.53. The van der Waals surface area contributed by atoms with Crippen molar-refractivity contribution < 1.29 is 9.26 Å². The molecule has 1 aromatic carbocycles. The van der Waals surface area contributed by atoms with Gasteiger partial charge in [0.25, 0.3) is 0 Å². The van der Waals surface area contributed by atoms with Crippen molar-refractivity contribution in [3.8, 4) is 17.1 Å². The molecule has 0 amide bonds. The van der Waals surface area contributed by atoms with Gasteiger partial charge in [0.2, 0.25) is 0 Å². The predicted octanol–water partition coefficient (Wildman–Crippen LogP) is 2.50. The maximum Gasteiger partial charge on any atom is 0.168 e. The normalized spacial score (nSPS) is 10.5. The van der Waals surface area contributed by atoms with Crippen LogP contribution in [0.25, 0.3) is 11.3 Å². The lowest BCUT2D eigenvalue weighted by molar-refractivity contribution is 0.414. The van der Waals surface area contributed by atoms with E-state index in [-0.39, 0.29) is 0 Å². The Labute approximate surface area is 104 Å². The molecule has 2 N–H and O–H groups in total. The van der Waals surface area contributed by atoms with Gasteiger partial charge >= 0.3 is 0 Å². The van der Waals surface area contributed by atoms with E-state index in [4.69, 9.17) is 26.6 Å². The fourth-order valence-corrected chi connectivity index (χ4v) is 1.79. The van der Waals surface area contributed by atoms with Crippen molar-refractivity contribution in [2.45, 2.75) is 6.42 Å². The average molecular weight is 253 g/mol. The quantitative estimate of drug-likeness (QED) is 0.908. The van der Waals surface area contributed by atoms with E-state index in [9.17, 15) is 0 Å². The molecule has 90 valence electrons. The monoisotopic (exact) mass is 252 g/mol. The lowest BCUT2D eigenvalue weighted by Crippen LogP contribution is -2.02. The molecule has 2 rings (SSSR count). The zero-order valence-corrected chi connectivity index (χ0v) is 10.2. The van der Waals surface area contributed by atoms with E-state index in [1.807, 2.05) is 18.2 Å². The van der Waals surface area contributed by atoms with Crippen LogP contribution < -0.4 is 10.5 Å². The number of ether oxygens (including phenoxy) is 1. The molecule has 0 saturated carbocycles. The Hall–Kier alpha value is -1.52. The van der Waals surface area contributed by atoms with E-state index in [2.05, 4.69) is 5.16 Å². The third-order valence-electron chi connectivity index (χ3n) is 2.40. The summed E-state index contributed by atoms with van der Waals surface area (Å²) in [7, 11) is 1.60. The van der Waals surface area contributed by atoms with Crippen LogP contribution in [0.15, 0.2) is 28.8 Å². The number of rotatable bonds is 4. The summed E-state index contributed by atoms with van der Waals surface area (Å²) in [5, 5.41) is 4.49. The molecule has 0 atom stereocenters. The Kier molecular flexibility index (Phi) is 3.66. The molecule has 0 radical (unpaired) electrons. The molecule has 1 heterocycles. The number of methoxy groups -OCH3 is 1. The minimum Gasteiger partial charge on any atom is -0.497 e. The number of hydrogen-bond donors (Lipinski definition) is 1. The Bertz CT molecular complexity index is 511. The summed E-state index contributed by atoms with van der Waals surface area (Å²) in [4.78, 5) is 0. The lowest BCUT2D eigenvalue weighted by atomic mass is 10.1. The number of halogens is 1. The van der Waals surface area contributed by atoms with Crippen molar-refractivity contribution in [1.82, 2.24) is 5.16 Å². The van der Waals surface area contributed by atoms with Crippen LogP contribution in [0.5, 0.6) is 5.75 Å². The number of benzene rings is 1. The highest BCUT2D eigenvalue weighted by Gasteiger charge is 2.10. The van der Waals surface area contributed by atoms with Gasteiger partial charge in [0.1, 0.15) is 5.75 Å². The minimum atomic E-state index is 0.544. The summed E-state index contributed by atoms with van der Waals surface area (Å²) in [6.45, 7) is 0.544. The highest BCUT2D eigenvalue weighted by Crippen LogP contribution is 2.31. The first-order valence-corrected chi connectivity index (χ1v) is 5.62. The molecule has 5 heteroatoms. The maximum absolute atomic E-state index is 6.14. The average Bonchev–Trinajstić information content (AvgIpc) is 2.78. The smallest absolute Gasteiger partial charge is 0.168 e. The second-order valence-electron chi connectivity index (χ2n) is 3.57. The van der Waals surface area contributed by atoms with Gasteiger partial charge in [0.05, 0.1) is 17.8 Å². The van der Waals surface area contributed by atoms with Crippen LogP contribution in [-0.4, -0.2) is 18.8 Å². The van der Waals surface area contributed by atoms with Crippen LogP contribution in [0.2, 0.25) is 5.02 Å². The van der Waals surface area contributed by atoms with Gasteiger partial charge < -0.3 is 15.0 Å². The van der Waals surface area contributed by atoms with E-state index in [1.54, 1.807) is 13.2 Å². The van der Waals surface area contributed by atoms with E-state index in [1.165, 1.54) is 0 Å². The van der Waals surface area contributed by atoms with Crippen molar-refractivity contribution in [2.75, 3.05) is 13.7 Å². The standard InChI is InChI=1S/C12H13ClN2O2/c1-16-9-2-3-10(11(13)7-9)12-6-8(4-5-14)15-17-12/h2-3,6-7H,4-5,14H2,1H3. The Morgan fingerprint density at radius 2 is 2.24 bits per heavy atom. The summed E-state index contributed by atoms with van der Waals surface area (Å²) < 4.78 is 10.3. The van der Waals surface area contributed by atoms with Crippen LogP contribution in [0.1, 0.15) is 5.69 Å². The van der Waals surface area contributed by atoms with Gasteiger partial charge in [-0.05, 0) is 24.7 Å². The van der Waals surface area contributed by atoms with Gasteiger partial charge in [-0.15, -0.1) is 0 Å². The molecule has 0 aliphatic rings. The van der Waals surface area contributed by atoms with Crippen molar-refractivity contribution in [3.05, 3.63) is 35.0 Å². The van der Waals surface area contributed by atoms with Crippen LogP contribution in [0.4, 0.5) is 0 Å². The van der Waals surface area contributed by atoms with Crippen LogP contribution in [0, 0.1) is 0 Å². The topological polar surface area (TPSA) is 61.3 Å². The molecule has 2 aromatic rings. The third kappa shape index (κ3) is 2.60. The molecule has 0 unspecified atom stereocenters. The van der Waals surface area contributed by atoms with E-state index < -0.39 is 0 Å². The zero-order chi connectivity index (χ0) is 12.3. The third-order valence-corrected chi connectivity index (χ3v) is 2.71.